The molecule has 1 aliphatic carbocycles. The lowest BCUT2D eigenvalue weighted by Crippen LogP contribution is -2.52. The number of ether oxygens (including phenoxy) is 1. The van der Waals surface area contributed by atoms with Gasteiger partial charge < -0.3 is 24.8 Å². The zero-order valence-corrected chi connectivity index (χ0v) is 28.1. The molecule has 3 aromatic rings. The van der Waals surface area contributed by atoms with E-state index in [2.05, 4.69) is 47.3 Å². The van der Waals surface area contributed by atoms with Gasteiger partial charge in [0.15, 0.2) is 5.75 Å². The molecule has 10 nitrogen and oxygen atoms in total. The molecule has 0 unspecified atom stereocenters. The number of hydrogen-bond acceptors (Lipinski definition) is 6. The summed E-state index contributed by atoms with van der Waals surface area (Å²) in [6, 6.07) is 12.1. The van der Waals surface area contributed by atoms with Crippen LogP contribution < -0.4 is 15.4 Å². The van der Waals surface area contributed by atoms with Crippen molar-refractivity contribution in [3.05, 3.63) is 58.8 Å². The van der Waals surface area contributed by atoms with Crippen molar-refractivity contribution in [2.75, 3.05) is 52.2 Å². The van der Waals surface area contributed by atoms with Crippen LogP contribution in [0.3, 0.4) is 0 Å². The van der Waals surface area contributed by atoms with Crippen LogP contribution in [0.1, 0.15) is 78.4 Å². The number of likely N-dealkylation sites (N-methyl/N-ethyl adjacent to an activating group) is 1. The summed E-state index contributed by atoms with van der Waals surface area (Å²) in [6.07, 6.45) is 4.00. The summed E-state index contributed by atoms with van der Waals surface area (Å²) in [4.78, 5) is 46.8. The lowest BCUT2D eigenvalue weighted by atomic mass is 9.85. The number of aryl methyl sites for hydroxylation is 1. The van der Waals surface area contributed by atoms with Gasteiger partial charge in [0.2, 0.25) is 5.91 Å². The molecule has 46 heavy (non-hydrogen) atoms. The Balaban J connectivity index is 1.21. The predicted molar refractivity (Wildman–Crippen MR) is 181 cm³/mol. The van der Waals surface area contributed by atoms with Gasteiger partial charge in [-0.25, -0.2) is 0 Å². The maximum Gasteiger partial charge on any atom is 0.272 e. The van der Waals surface area contributed by atoms with Crippen molar-refractivity contribution < 1.29 is 19.1 Å². The molecular formula is C36H48N6O4. The van der Waals surface area contributed by atoms with Crippen LogP contribution >= 0.6 is 0 Å². The second-order valence-electron chi connectivity index (χ2n) is 14.2. The molecule has 0 bridgehead atoms. The lowest BCUT2D eigenvalue weighted by molar-refractivity contribution is -0.137. The molecule has 6 rings (SSSR count). The van der Waals surface area contributed by atoms with Crippen LogP contribution in [0.4, 0.5) is 5.69 Å². The highest BCUT2D eigenvalue weighted by atomic mass is 16.5. The number of anilines is 1. The Bertz CT molecular complexity index is 1640. The third kappa shape index (κ3) is 6.51. The number of nitrogens with one attached hydrogen (secondary N) is 2. The first kappa shape index (κ1) is 32.1. The molecule has 1 aromatic heterocycles. The second kappa shape index (κ2) is 12.7. The summed E-state index contributed by atoms with van der Waals surface area (Å²) in [5.74, 6) is 0.161. The Morgan fingerprint density at radius 3 is 2.30 bits per heavy atom. The molecule has 3 heterocycles. The van der Waals surface area contributed by atoms with Crippen molar-refractivity contribution in [3.63, 3.8) is 0 Å². The lowest BCUT2D eigenvalue weighted by Gasteiger charge is -2.37. The molecule has 2 saturated heterocycles. The van der Waals surface area contributed by atoms with Crippen LogP contribution in [0.15, 0.2) is 36.4 Å². The van der Waals surface area contributed by atoms with E-state index in [1.807, 2.05) is 53.9 Å². The van der Waals surface area contributed by atoms with E-state index in [0.29, 0.717) is 22.7 Å². The third-order valence-corrected chi connectivity index (χ3v) is 9.82. The Morgan fingerprint density at radius 2 is 1.67 bits per heavy atom. The number of aromatic nitrogens is 1. The summed E-state index contributed by atoms with van der Waals surface area (Å²) >= 11 is 0. The molecular weight excluding hydrogens is 580 g/mol. The molecule has 2 aromatic carbocycles. The monoisotopic (exact) mass is 628 g/mol. The number of nitrogens with zero attached hydrogens (tertiary/aromatic N) is 4. The van der Waals surface area contributed by atoms with Gasteiger partial charge in [-0.2, -0.15) is 0 Å². The van der Waals surface area contributed by atoms with Crippen molar-refractivity contribution in [3.8, 4) is 5.75 Å². The highest BCUT2D eigenvalue weighted by molar-refractivity contribution is 6.09. The first-order valence-electron chi connectivity index (χ1n) is 16.6. The molecule has 3 aliphatic rings. The smallest absolute Gasteiger partial charge is 0.272 e. The fraction of sp³-hybridized carbons (Fsp3) is 0.528. The molecule has 10 heteroatoms. The number of likely N-dealkylation sites (tertiary alicyclic amines) is 1. The number of fused-ring (bicyclic) bond motifs is 1. The molecule has 2 aliphatic heterocycles. The van der Waals surface area contributed by atoms with Crippen LogP contribution in [0.25, 0.3) is 10.9 Å². The number of amides is 3. The summed E-state index contributed by atoms with van der Waals surface area (Å²) in [6.45, 7) is 11.1. The second-order valence-corrected chi connectivity index (χ2v) is 14.2. The van der Waals surface area contributed by atoms with Crippen molar-refractivity contribution >= 4 is 34.3 Å². The highest BCUT2D eigenvalue weighted by Crippen LogP contribution is 2.36. The van der Waals surface area contributed by atoms with E-state index in [-0.39, 0.29) is 35.2 Å². The number of methoxy groups -OCH3 is 1. The van der Waals surface area contributed by atoms with E-state index in [9.17, 15) is 14.4 Å². The first-order chi connectivity index (χ1) is 21.9. The molecule has 3 fully saturated rings. The quantitative estimate of drug-likeness (QED) is 0.385. The Morgan fingerprint density at radius 1 is 0.935 bits per heavy atom. The van der Waals surface area contributed by atoms with Crippen molar-refractivity contribution in [1.29, 1.82) is 0 Å². The average molecular weight is 629 g/mol. The number of para-hydroxylation sites is 1. The fourth-order valence-electron chi connectivity index (χ4n) is 6.87. The van der Waals surface area contributed by atoms with E-state index in [4.69, 9.17) is 4.74 Å². The summed E-state index contributed by atoms with van der Waals surface area (Å²) in [7, 11) is 5.50. The van der Waals surface area contributed by atoms with Gasteiger partial charge in [0.1, 0.15) is 5.69 Å². The standard InChI is InChI=1S/C36H48N6O4/c1-36(2,3)25-20-27(33(43)37-26-12-13-26)32(46-6)28(21-25)38-34(44)30-19-23-9-7-10-24(31(23)40(30)5)22-41-15-17-42(18-16-41)35(45)29-11-8-14-39(29)4/h7,9-10,19-21,26,29H,8,11-18,22H2,1-6H3,(H,37,43)(H,38,44)/t29-/m0/s1. The van der Waals surface area contributed by atoms with Gasteiger partial charge in [-0.05, 0) is 74.0 Å². The van der Waals surface area contributed by atoms with Crippen LogP contribution in [0, 0.1) is 0 Å². The Hall–Kier alpha value is -3.89. The minimum absolute atomic E-state index is 0.0237. The van der Waals surface area contributed by atoms with Gasteiger partial charge >= 0.3 is 0 Å². The largest absolute Gasteiger partial charge is 0.494 e. The maximum atomic E-state index is 13.9. The third-order valence-electron chi connectivity index (χ3n) is 9.82. The van der Waals surface area contributed by atoms with Crippen molar-refractivity contribution in [2.45, 2.75) is 70.5 Å². The van der Waals surface area contributed by atoms with Gasteiger partial charge in [0.05, 0.1) is 29.9 Å². The highest BCUT2D eigenvalue weighted by Gasteiger charge is 2.33. The summed E-state index contributed by atoms with van der Waals surface area (Å²) < 4.78 is 7.69. The molecule has 1 atom stereocenters. The Kier molecular flexibility index (Phi) is 8.87. The number of piperazine rings is 1. The van der Waals surface area contributed by atoms with Gasteiger partial charge in [-0.15, -0.1) is 0 Å². The molecule has 2 N–H and O–H groups in total. The van der Waals surface area contributed by atoms with Gasteiger partial charge in [-0.1, -0.05) is 39.0 Å². The van der Waals surface area contributed by atoms with Crippen LogP contribution in [0.2, 0.25) is 0 Å². The molecule has 0 radical (unpaired) electrons. The molecule has 1 saturated carbocycles. The van der Waals surface area contributed by atoms with E-state index in [1.165, 1.54) is 7.11 Å². The zero-order valence-electron chi connectivity index (χ0n) is 28.1. The minimum Gasteiger partial charge on any atom is -0.494 e. The normalized spacial score (nSPS) is 19.4. The zero-order chi connectivity index (χ0) is 32.7. The minimum atomic E-state index is -0.272. The summed E-state index contributed by atoms with van der Waals surface area (Å²) in [5.41, 5.74) is 4.25. The van der Waals surface area contributed by atoms with Crippen LogP contribution in [-0.2, 0) is 23.8 Å². The van der Waals surface area contributed by atoms with E-state index >= 15 is 0 Å². The number of carbonyl (C=O) groups is 3. The maximum absolute atomic E-state index is 13.9. The Labute approximate surface area is 272 Å². The van der Waals surface area contributed by atoms with Crippen LogP contribution in [-0.4, -0.2) is 96.0 Å². The van der Waals surface area contributed by atoms with Crippen molar-refractivity contribution in [1.82, 2.24) is 24.6 Å². The van der Waals surface area contributed by atoms with Crippen molar-refractivity contribution in [2.24, 2.45) is 7.05 Å². The molecule has 246 valence electrons. The molecule has 3 amide bonds. The van der Waals surface area contributed by atoms with E-state index < -0.39 is 0 Å². The van der Waals surface area contributed by atoms with Gasteiger partial charge in [0.25, 0.3) is 11.8 Å². The van der Waals surface area contributed by atoms with E-state index in [1.54, 1.807) is 0 Å². The molecule has 0 spiro atoms. The van der Waals surface area contributed by atoms with Crippen LogP contribution in [0.5, 0.6) is 5.75 Å². The van der Waals surface area contributed by atoms with E-state index in [0.717, 1.165) is 87.0 Å². The SMILES string of the molecule is COc1c(NC(=O)c2cc3cccc(CN4CCN(C(=O)[C@@H]5CCCN5C)CC4)c3n2C)cc(C(C)(C)C)cc1C(=O)NC1CC1. The van der Waals surface area contributed by atoms with Gasteiger partial charge in [-0.3, -0.25) is 24.2 Å². The fourth-order valence-corrected chi connectivity index (χ4v) is 6.87. The average Bonchev–Trinajstić information content (AvgIpc) is 3.62. The summed E-state index contributed by atoms with van der Waals surface area (Å²) in [5, 5.41) is 7.14. The topological polar surface area (TPSA) is 99.2 Å². The number of hydrogen-bond donors (Lipinski definition) is 2. The first-order valence-corrected chi connectivity index (χ1v) is 16.6. The number of carbonyl (C=O) groups excluding carboxylic acids is 3. The number of rotatable bonds is 8. The van der Waals surface area contributed by atoms with Gasteiger partial charge in [0, 0.05) is 51.2 Å². The predicted octanol–water partition coefficient (Wildman–Crippen LogP) is 4.37. The number of benzene rings is 2.